The zero-order chi connectivity index (χ0) is 13.9. The van der Waals surface area contributed by atoms with Crippen molar-refractivity contribution in [2.75, 3.05) is 0 Å². The van der Waals surface area contributed by atoms with Crippen LogP contribution in [0.3, 0.4) is 0 Å². The normalized spacial score (nSPS) is 16.2. The molecule has 0 bridgehead atoms. The zero-order valence-corrected chi connectivity index (χ0v) is 8.53. The Morgan fingerprint density at radius 2 is 2.00 bits per heavy atom. The number of benzene rings is 2. The molecule has 2 aromatic carbocycles. The lowest BCUT2D eigenvalue weighted by Crippen LogP contribution is -1.65. The predicted molar refractivity (Wildman–Crippen MR) is 61.4 cm³/mol. The van der Waals surface area contributed by atoms with E-state index in [1.54, 1.807) is 0 Å². The Hall–Kier alpha value is -1.28. The average molecular weight is 252 g/mol. The maximum absolute atomic E-state index is 7.96. The molecule has 3 rings (SSSR count). The second-order valence-corrected chi connectivity index (χ2v) is 3.68. The van der Waals surface area contributed by atoms with E-state index in [4.69, 9.17) is 11.3 Å². The molecule has 1 aromatic heterocycles. The average Bonchev–Trinajstić information content (AvgIpc) is 2.75. The van der Waals surface area contributed by atoms with Crippen molar-refractivity contribution in [3.8, 4) is 0 Å². The van der Waals surface area contributed by atoms with Crippen LogP contribution in [0.5, 0.6) is 0 Å². The maximum Gasteiger partial charge on any atom is 0.136 e. The van der Waals surface area contributed by atoms with Gasteiger partial charge in [-0.25, -0.2) is 0 Å². The molecule has 68 valence electrons. The van der Waals surface area contributed by atoms with Crippen molar-refractivity contribution in [3.63, 3.8) is 0 Å². The number of halogens is 1. The molecule has 0 aliphatic heterocycles. The van der Waals surface area contributed by atoms with Gasteiger partial charge in [0.1, 0.15) is 11.2 Å². The molecule has 0 N–H and O–H groups in total. The first-order valence-corrected chi connectivity index (χ1v) is 4.79. The van der Waals surface area contributed by atoms with Crippen LogP contribution in [0.25, 0.3) is 21.9 Å². The molecule has 1 nitrogen and oxygen atoms in total. The van der Waals surface area contributed by atoms with Gasteiger partial charge in [0.2, 0.25) is 0 Å². The first-order valence-electron chi connectivity index (χ1n) is 6.50. The van der Waals surface area contributed by atoms with Crippen molar-refractivity contribution in [1.29, 1.82) is 0 Å². The number of hydrogen-bond acceptors (Lipinski definition) is 1. The first-order chi connectivity index (χ1) is 8.91. The van der Waals surface area contributed by atoms with Crippen LogP contribution in [0.15, 0.2) is 51.2 Å². The Bertz CT molecular complexity index is 840. The van der Waals surface area contributed by atoms with Gasteiger partial charge in [-0.05, 0) is 24.2 Å². The summed E-state index contributed by atoms with van der Waals surface area (Å²) >= 11 is 3.18. The summed E-state index contributed by atoms with van der Waals surface area (Å²) in [6.45, 7) is 0. The lowest BCUT2D eigenvalue weighted by atomic mass is 10.2. The molecule has 3 aromatic rings. The maximum atomic E-state index is 7.96. The lowest BCUT2D eigenvalue weighted by molar-refractivity contribution is 0.668. The minimum absolute atomic E-state index is 0.0119. The standard InChI is InChI=1S/C12H7BrO/c13-8-5-6-10-9-3-1-2-4-11(9)14-12(10)7-8/h1-7H/i1D,3D,4D,6D,7D. The van der Waals surface area contributed by atoms with Gasteiger partial charge in [0.15, 0.2) is 0 Å². The highest BCUT2D eigenvalue weighted by Gasteiger charge is 2.05. The summed E-state index contributed by atoms with van der Waals surface area (Å²) in [7, 11) is 0. The summed E-state index contributed by atoms with van der Waals surface area (Å²) in [5.74, 6) is 0. The van der Waals surface area contributed by atoms with Crippen molar-refractivity contribution in [2.45, 2.75) is 0 Å². The molecule has 0 spiro atoms. The molecule has 0 fully saturated rings. The van der Waals surface area contributed by atoms with Gasteiger partial charge in [0, 0.05) is 15.2 Å². The number of rotatable bonds is 0. The highest BCUT2D eigenvalue weighted by atomic mass is 79.9. The van der Waals surface area contributed by atoms with Crippen LogP contribution in [0.4, 0.5) is 0 Å². The van der Waals surface area contributed by atoms with Crippen molar-refractivity contribution in [1.82, 2.24) is 0 Å². The zero-order valence-electron chi connectivity index (χ0n) is 11.9. The van der Waals surface area contributed by atoms with Crippen LogP contribution in [0.1, 0.15) is 6.85 Å². The van der Waals surface area contributed by atoms with Gasteiger partial charge < -0.3 is 4.42 Å². The van der Waals surface area contributed by atoms with E-state index >= 15 is 0 Å². The fourth-order valence-electron chi connectivity index (χ4n) is 1.37. The lowest BCUT2D eigenvalue weighted by Gasteiger charge is -1.89. The molecule has 0 saturated heterocycles. The predicted octanol–water partition coefficient (Wildman–Crippen LogP) is 4.35. The van der Waals surface area contributed by atoms with Crippen LogP contribution >= 0.6 is 15.9 Å². The summed E-state index contributed by atoms with van der Waals surface area (Å²) in [6.07, 6.45) is 0. The van der Waals surface area contributed by atoms with E-state index < -0.39 is 0 Å². The Morgan fingerprint density at radius 3 is 2.93 bits per heavy atom. The van der Waals surface area contributed by atoms with E-state index in [0.29, 0.717) is 9.86 Å². The molecule has 0 radical (unpaired) electrons. The fraction of sp³-hybridized carbons (Fsp3) is 0. The second kappa shape index (κ2) is 2.85. The number of fused-ring (bicyclic) bond motifs is 3. The Kier molecular flexibility index (Phi) is 0.916. The van der Waals surface area contributed by atoms with Crippen molar-refractivity contribution in [2.24, 2.45) is 0 Å². The van der Waals surface area contributed by atoms with Gasteiger partial charge in [0.05, 0.1) is 6.85 Å². The Labute approximate surface area is 96.5 Å². The van der Waals surface area contributed by atoms with Crippen LogP contribution < -0.4 is 0 Å². The monoisotopic (exact) mass is 251 g/mol. The van der Waals surface area contributed by atoms with E-state index in [-0.39, 0.29) is 46.8 Å². The largest absolute Gasteiger partial charge is 0.456 e. The topological polar surface area (TPSA) is 13.1 Å². The molecule has 0 unspecified atom stereocenters. The first kappa shape index (κ1) is 4.49. The quantitative estimate of drug-likeness (QED) is 0.579. The van der Waals surface area contributed by atoms with Crippen molar-refractivity contribution >= 4 is 37.9 Å². The van der Waals surface area contributed by atoms with Crippen molar-refractivity contribution < 1.29 is 11.3 Å². The van der Waals surface area contributed by atoms with Crippen LogP contribution in [0.2, 0.25) is 0 Å². The van der Waals surface area contributed by atoms with Gasteiger partial charge >= 0.3 is 0 Å². The summed E-state index contributed by atoms with van der Waals surface area (Å²) in [4.78, 5) is 0. The third-order valence-corrected chi connectivity index (χ3v) is 2.38. The summed E-state index contributed by atoms with van der Waals surface area (Å²) in [5.41, 5.74) is 0.318. The van der Waals surface area contributed by atoms with Gasteiger partial charge in [-0.1, -0.05) is 34.1 Å². The summed E-state index contributed by atoms with van der Waals surface area (Å²) in [6, 6.07) is 2.69. The van der Waals surface area contributed by atoms with Gasteiger partial charge in [-0.2, -0.15) is 0 Å². The SMILES string of the molecule is [2H]c1cc([2H])c2oc3c([2H])c(Br)cc([2H])c3c2c1[2H]. The second-order valence-electron chi connectivity index (χ2n) is 2.83. The minimum Gasteiger partial charge on any atom is -0.456 e. The highest BCUT2D eigenvalue weighted by molar-refractivity contribution is 9.10. The molecule has 0 saturated carbocycles. The Balaban J connectivity index is 2.69. The van der Waals surface area contributed by atoms with Gasteiger partial charge in [-0.3, -0.25) is 0 Å². The third kappa shape index (κ3) is 1.07. The Morgan fingerprint density at radius 1 is 1.14 bits per heavy atom. The van der Waals surface area contributed by atoms with Gasteiger partial charge in [0.25, 0.3) is 0 Å². The summed E-state index contributed by atoms with van der Waals surface area (Å²) < 4.78 is 45.2. The minimum atomic E-state index is -0.0888. The fourth-order valence-corrected chi connectivity index (χ4v) is 1.66. The van der Waals surface area contributed by atoms with Crippen LogP contribution in [-0.4, -0.2) is 0 Å². The van der Waals surface area contributed by atoms with Crippen molar-refractivity contribution in [3.05, 3.63) is 46.8 Å². The van der Waals surface area contributed by atoms with E-state index in [9.17, 15) is 0 Å². The van der Waals surface area contributed by atoms with E-state index in [1.807, 2.05) is 0 Å². The smallest absolute Gasteiger partial charge is 0.136 e. The molecule has 14 heavy (non-hydrogen) atoms. The van der Waals surface area contributed by atoms with Crippen LogP contribution in [0, 0.1) is 0 Å². The number of furan rings is 1. The van der Waals surface area contributed by atoms with E-state index in [1.165, 1.54) is 12.1 Å². The molecular formula is C12H7BrO. The summed E-state index contributed by atoms with van der Waals surface area (Å²) in [5, 5.41) is 0.578. The molecule has 0 amide bonds. The number of hydrogen-bond donors (Lipinski definition) is 0. The van der Waals surface area contributed by atoms with Gasteiger partial charge in [-0.15, -0.1) is 0 Å². The molecule has 0 aliphatic rings. The molecule has 1 heterocycles. The van der Waals surface area contributed by atoms with E-state index in [0.717, 1.165) is 0 Å². The molecule has 2 heteroatoms. The third-order valence-electron chi connectivity index (χ3n) is 1.96. The molecular weight excluding hydrogens is 240 g/mol. The molecule has 0 aliphatic carbocycles. The van der Waals surface area contributed by atoms with E-state index in [2.05, 4.69) is 15.9 Å². The molecule has 0 atom stereocenters. The number of para-hydroxylation sites is 1. The van der Waals surface area contributed by atoms with Crippen LogP contribution in [-0.2, 0) is 0 Å². The highest BCUT2D eigenvalue weighted by Crippen LogP contribution is 2.30.